The van der Waals surface area contributed by atoms with E-state index in [0.29, 0.717) is 11.3 Å². The summed E-state index contributed by atoms with van der Waals surface area (Å²) >= 11 is 0. The number of halogens is 1. The van der Waals surface area contributed by atoms with Gasteiger partial charge in [0.05, 0.1) is 25.7 Å². The van der Waals surface area contributed by atoms with Crippen LogP contribution in [0.25, 0.3) is 0 Å². The van der Waals surface area contributed by atoms with E-state index < -0.39 is 11.9 Å². The average molecular weight is 225 g/mol. The summed E-state index contributed by atoms with van der Waals surface area (Å²) < 4.78 is 12.9. The average Bonchev–Trinajstić information content (AvgIpc) is 2.57. The topological polar surface area (TPSA) is 60.8 Å². The molecule has 1 aromatic carbocycles. The minimum atomic E-state index is -0.691. The molecule has 1 heterocycles. The van der Waals surface area contributed by atoms with E-state index in [1.165, 1.54) is 23.1 Å². The van der Waals surface area contributed by atoms with Crippen LogP contribution in [-0.2, 0) is 11.4 Å². The highest BCUT2D eigenvalue weighted by Gasteiger charge is 2.30. The molecule has 1 aromatic rings. The van der Waals surface area contributed by atoms with Crippen LogP contribution in [0.3, 0.4) is 0 Å². The van der Waals surface area contributed by atoms with Gasteiger partial charge in [-0.15, -0.1) is 0 Å². The number of hydrogen-bond acceptors (Lipinski definition) is 3. The number of amides is 1. The molecule has 1 unspecified atom stereocenters. The summed E-state index contributed by atoms with van der Waals surface area (Å²) in [4.78, 5) is 12.9. The lowest BCUT2D eigenvalue weighted by molar-refractivity contribution is -0.117. The van der Waals surface area contributed by atoms with Crippen LogP contribution in [0.4, 0.5) is 10.1 Å². The summed E-state index contributed by atoms with van der Waals surface area (Å²) in [6.45, 7) is -0.148. The van der Waals surface area contributed by atoms with Gasteiger partial charge in [0.2, 0.25) is 5.91 Å². The Kier molecular flexibility index (Phi) is 2.89. The molecule has 0 saturated carbocycles. The van der Waals surface area contributed by atoms with E-state index in [0.717, 1.165) is 0 Å². The van der Waals surface area contributed by atoms with Gasteiger partial charge in [-0.3, -0.25) is 4.79 Å². The van der Waals surface area contributed by atoms with Crippen LogP contribution < -0.4 is 4.90 Å². The zero-order valence-electron chi connectivity index (χ0n) is 8.56. The number of carbonyl (C=O) groups is 1. The smallest absolute Gasteiger partial charge is 0.229 e. The lowest BCUT2D eigenvalue weighted by Crippen LogP contribution is -2.26. The van der Waals surface area contributed by atoms with Crippen LogP contribution >= 0.6 is 0 Å². The monoisotopic (exact) mass is 225 g/mol. The molecule has 86 valence electrons. The highest BCUT2D eigenvalue weighted by atomic mass is 19.1. The van der Waals surface area contributed by atoms with Gasteiger partial charge in [0, 0.05) is 11.3 Å². The molecule has 0 aliphatic carbocycles. The van der Waals surface area contributed by atoms with Crippen LogP contribution in [0, 0.1) is 5.82 Å². The van der Waals surface area contributed by atoms with E-state index in [9.17, 15) is 14.3 Å². The number of carbonyl (C=O) groups excluding carboxylic acids is 1. The van der Waals surface area contributed by atoms with Crippen molar-refractivity contribution >= 4 is 11.6 Å². The van der Waals surface area contributed by atoms with E-state index in [2.05, 4.69) is 0 Å². The minimum Gasteiger partial charge on any atom is -0.392 e. The van der Waals surface area contributed by atoms with Gasteiger partial charge in [0.1, 0.15) is 5.82 Å². The Morgan fingerprint density at radius 1 is 1.50 bits per heavy atom. The maximum Gasteiger partial charge on any atom is 0.229 e. The first-order valence-electron chi connectivity index (χ1n) is 4.99. The zero-order valence-corrected chi connectivity index (χ0v) is 8.56. The molecule has 5 heteroatoms. The normalized spacial score (nSPS) is 20.6. The molecule has 1 atom stereocenters. The van der Waals surface area contributed by atoms with Crippen molar-refractivity contribution in [1.82, 2.24) is 0 Å². The predicted molar refractivity (Wildman–Crippen MR) is 55.3 cm³/mol. The third-order valence-electron chi connectivity index (χ3n) is 2.61. The Labute approximate surface area is 91.9 Å². The number of benzene rings is 1. The third kappa shape index (κ3) is 1.91. The van der Waals surface area contributed by atoms with Crippen molar-refractivity contribution in [2.24, 2.45) is 0 Å². The number of nitrogens with zero attached hydrogens (tertiary/aromatic N) is 1. The molecule has 2 N–H and O–H groups in total. The first kappa shape index (κ1) is 11.0. The van der Waals surface area contributed by atoms with Gasteiger partial charge in [-0.1, -0.05) is 0 Å². The summed E-state index contributed by atoms with van der Waals surface area (Å²) in [5, 5.41) is 18.4. The second-order valence-corrected chi connectivity index (χ2v) is 3.79. The van der Waals surface area contributed by atoms with Crippen molar-refractivity contribution in [2.75, 3.05) is 11.4 Å². The highest BCUT2D eigenvalue weighted by molar-refractivity contribution is 5.96. The lowest BCUT2D eigenvalue weighted by Gasteiger charge is -2.19. The van der Waals surface area contributed by atoms with Gasteiger partial charge >= 0.3 is 0 Å². The lowest BCUT2D eigenvalue weighted by atomic mass is 10.1. The molecule has 1 saturated heterocycles. The maximum atomic E-state index is 12.9. The molecule has 2 rings (SSSR count). The molecule has 0 radical (unpaired) electrons. The number of aliphatic hydroxyl groups is 2. The first-order chi connectivity index (χ1) is 7.61. The molecule has 0 aromatic heterocycles. The van der Waals surface area contributed by atoms with Crippen molar-refractivity contribution < 1.29 is 19.4 Å². The third-order valence-corrected chi connectivity index (χ3v) is 2.61. The summed E-state index contributed by atoms with van der Waals surface area (Å²) in [7, 11) is 0. The fourth-order valence-electron chi connectivity index (χ4n) is 1.87. The summed E-state index contributed by atoms with van der Waals surface area (Å²) in [5.74, 6) is -0.672. The Hall–Kier alpha value is -1.46. The van der Waals surface area contributed by atoms with Crippen LogP contribution in [0.2, 0.25) is 0 Å². The molecule has 1 amide bonds. The van der Waals surface area contributed by atoms with E-state index in [1.54, 1.807) is 0 Å². The fourth-order valence-corrected chi connectivity index (χ4v) is 1.87. The predicted octanol–water partition coefficient (Wildman–Crippen LogP) is 0.416. The number of anilines is 1. The van der Waals surface area contributed by atoms with Crippen LogP contribution in [0.15, 0.2) is 18.2 Å². The molecule has 16 heavy (non-hydrogen) atoms. The molecule has 1 fully saturated rings. The molecule has 0 bridgehead atoms. The Morgan fingerprint density at radius 3 is 2.81 bits per heavy atom. The van der Waals surface area contributed by atoms with Gasteiger partial charge in [0.15, 0.2) is 0 Å². The summed E-state index contributed by atoms with van der Waals surface area (Å²) in [6.07, 6.45) is -0.619. The Morgan fingerprint density at radius 2 is 2.25 bits per heavy atom. The molecule has 4 nitrogen and oxygen atoms in total. The Balaban J connectivity index is 2.36. The summed E-state index contributed by atoms with van der Waals surface area (Å²) in [5.41, 5.74) is 0.813. The van der Waals surface area contributed by atoms with Crippen molar-refractivity contribution in [3.8, 4) is 0 Å². The maximum absolute atomic E-state index is 12.9. The van der Waals surface area contributed by atoms with Gasteiger partial charge in [-0.25, -0.2) is 4.39 Å². The second kappa shape index (κ2) is 4.19. The molecule has 1 aliphatic heterocycles. The molecular formula is C11H12FNO3. The van der Waals surface area contributed by atoms with E-state index >= 15 is 0 Å². The summed E-state index contributed by atoms with van der Waals surface area (Å²) in [6, 6.07) is 3.86. The fraction of sp³-hybridized carbons (Fsp3) is 0.364. The van der Waals surface area contributed by atoms with Crippen molar-refractivity contribution in [2.45, 2.75) is 19.1 Å². The number of rotatable bonds is 2. The van der Waals surface area contributed by atoms with Gasteiger partial charge < -0.3 is 15.1 Å². The van der Waals surface area contributed by atoms with Gasteiger partial charge in [-0.2, -0.15) is 0 Å². The number of aliphatic hydroxyl groups excluding tert-OH is 2. The van der Waals surface area contributed by atoms with E-state index in [1.807, 2.05) is 0 Å². The largest absolute Gasteiger partial charge is 0.392 e. The second-order valence-electron chi connectivity index (χ2n) is 3.79. The van der Waals surface area contributed by atoms with Gasteiger partial charge in [0.25, 0.3) is 0 Å². The molecule has 1 aliphatic rings. The van der Waals surface area contributed by atoms with Crippen molar-refractivity contribution in [3.05, 3.63) is 29.6 Å². The van der Waals surface area contributed by atoms with Crippen molar-refractivity contribution in [3.63, 3.8) is 0 Å². The van der Waals surface area contributed by atoms with Crippen LogP contribution in [0.1, 0.15) is 12.0 Å². The zero-order chi connectivity index (χ0) is 11.7. The Bertz CT molecular complexity index is 422. The quantitative estimate of drug-likeness (QED) is 0.766. The molecular weight excluding hydrogens is 213 g/mol. The minimum absolute atomic E-state index is 0.0717. The van der Waals surface area contributed by atoms with Gasteiger partial charge in [-0.05, 0) is 18.2 Å². The van der Waals surface area contributed by atoms with Crippen LogP contribution in [-0.4, -0.2) is 28.8 Å². The standard InChI is InChI=1S/C11H12FNO3/c12-8-1-2-10(7(3-8)6-14)13-5-9(15)4-11(13)16/h1-3,9,14-15H,4-6H2. The van der Waals surface area contributed by atoms with Crippen LogP contribution in [0.5, 0.6) is 0 Å². The van der Waals surface area contributed by atoms with E-state index in [-0.39, 0.29) is 25.5 Å². The first-order valence-corrected chi connectivity index (χ1v) is 4.99. The molecule has 0 spiro atoms. The van der Waals surface area contributed by atoms with Crippen molar-refractivity contribution in [1.29, 1.82) is 0 Å². The number of β-amino-alcohol motifs (C(OH)–C–C–N with tert-alkyl or cyclic N) is 1. The van der Waals surface area contributed by atoms with E-state index in [4.69, 9.17) is 5.11 Å². The SMILES string of the molecule is O=C1CC(O)CN1c1ccc(F)cc1CO. The highest BCUT2D eigenvalue weighted by Crippen LogP contribution is 2.26. The number of hydrogen-bond donors (Lipinski definition) is 2.